The minimum absolute atomic E-state index is 0.209. The number of fused-ring (bicyclic) bond motifs is 1. The highest BCUT2D eigenvalue weighted by Gasteiger charge is 2.31. The zero-order valence-electron chi connectivity index (χ0n) is 11.1. The van der Waals surface area contributed by atoms with E-state index >= 15 is 0 Å². The van der Waals surface area contributed by atoms with Gasteiger partial charge in [-0.15, -0.1) is 11.3 Å². The van der Waals surface area contributed by atoms with E-state index in [0.717, 1.165) is 19.6 Å². The Kier molecular flexibility index (Phi) is 3.84. The third kappa shape index (κ3) is 2.41. The molecule has 1 fully saturated rings. The molecule has 1 aromatic heterocycles. The molecule has 3 unspecified atom stereocenters. The zero-order chi connectivity index (χ0) is 13.2. The van der Waals surface area contributed by atoms with Crippen molar-refractivity contribution in [2.75, 3.05) is 13.2 Å². The molecule has 0 spiro atoms. The van der Waals surface area contributed by atoms with E-state index in [-0.39, 0.29) is 6.04 Å². The minimum atomic E-state index is 0.209. The summed E-state index contributed by atoms with van der Waals surface area (Å²) in [4.78, 5) is 0. The highest BCUT2D eigenvalue weighted by molar-refractivity contribution is 7.17. The summed E-state index contributed by atoms with van der Waals surface area (Å²) in [5.74, 6) is 6.94. The first-order chi connectivity index (χ1) is 9.31. The van der Waals surface area contributed by atoms with Gasteiger partial charge in [-0.2, -0.15) is 0 Å². The summed E-state index contributed by atoms with van der Waals surface area (Å²) < 4.78 is 6.90. The number of nitrogens with one attached hydrogen (secondary N) is 1. The summed E-state index contributed by atoms with van der Waals surface area (Å²) in [6.45, 7) is 3.93. The number of hydrogen-bond acceptors (Lipinski definition) is 4. The molecule has 102 valence electrons. The van der Waals surface area contributed by atoms with Gasteiger partial charge in [0.15, 0.2) is 0 Å². The Labute approximate surface area is 117 Å². The lowest BCUT2D eigenvalue weighted by molar-refractivity contribution is 0.0108. The van der Waals surface area contributed by atoms with Crippen molar-refractivity contribution in [3.05, 3.63) is 35.2 Å². The Morgan fingerprint density at radius 2 is 2.32 bits per heavy atom. The van der Waals surface area contributed by atoms with Crippen molar-refractivity contribution in [3.8, 4) is 0 Å². The first-order valence-corrected chi connectivity index (χ1v) is 7.69. The number of nitrogens with two attached hydrogens (primary N) is 1. The molecule has 2 aromatic rings. The van der Waals surface area contributed by atoms with Crippen molar-refractivity contribution in [2.24, 2.45) is 17.7 Å². The van der Waals surface area contributed by atoms with Gasteiger partial charge in [-0.25, -0.2) is 0 Å². The van der Waals surface area contributed by atoms with E-state index in [4.69, 9.17) is 10.6 Å². The average molecular weight is 276 g/mol. The largest absolute Gasteiger partial charge is 0.381 e. The predicted octanol–water partition coefficient (Wildman–Crippen LogP) is 3.08. The molecule has 4 heteroatoms. The topological polar surface area (TPSA) is 47.3 Å². The number of hydrazine groups is 1. The summed E-state index contributed by atoms with van der Waals surface area (Å²) in [6.07, 6.45) is 1.07. The number of rotatable bonds is 3. The van der Waals surface area contributed by atoms with E-state index in [0.29, 0.717) is 11.8 Å². The van der Waals surface area contributed by atoms with Crippen LogP contribution in [0.1, 0.15) is 24.9 Å². The molecule has 0 saturated carbocycles. The molecule has 0 aliphatic carbocycles. The maximum atomic E-state index is 5.87. The smallest absolute Gasteiger partial charge is 0.0506 e. The van der Waals surface area contributed by atoms with Gasteiger partial charge in [-0.05, 0) is 40.7 Å². The van der Waals surface area contributed by atoms with E-state index < -0.39 is 0 Å². The van der Waals surface area contributed by atoms with E-state index in [1.54, 1.807) is 11.3 Å². The Balaban J connectivity index is 1.99. The SMILES string of the molecule is CC1COCCC1C(NN)c1cccc2ccsc12. The van der Waals surface area contributed by atoms with Crippen LogP contribution in [-0.2, 0) is 4.74 Å². The van der Waals surface area contributed by atoms with Gasteiger partial charge >= 0.3 is 0 Å². The van der Waals surface area contributed by atoms with E-state index in [9.17, 15) is 0 Å². The van der Waals surface area contributed by atoms with Crippen LogP contribution in [0.3, 0.4) is 0 Å². The van der Waals surface area contributed by atoms with Gasteiger partial charge in [-0.3, -0.25) is 11.3 Å². The molecule has 1 saturated heterocycles. The van der Waals surface area contributed by atoms with Crippen molar-refractivity contribution in [3.63, 3.8) is 0 Å². The summed E-state index contributed by atoms with van der Waals surface area (Å²) in [7, 11) is 0. The Morgan fingerprint density at radius 3 is 3.11 bits per heavy atom. The number of benzene rings is 1. The molecule has 1 aliphatic rings. The van der Waals surface area contributed by atoms with Gasteiger partial charge in [0.2, 0.25) is 0 Å². The molecular formula is C15H20N2OS. The maximum absolute atomic E-state index is 5.87. The highest BCUT2D eigenvalue weighted by Crippen LogP contribution is 2.37. The van der Waals surface area contributed by atoms with Crippen LogP contribution in [0.4, 0.5) is 0 Å². The molecule has 0 bridgehead atoms. The predicted molar refractivity (Wildman–Crippen MR) is 80.0 cm³/mol. The molecule has 3 nitrogen and oxygen atoms in total. The van der Waals surface area contributed by atoms with Crippen molar-refractivity contribution in [1.82, 2.24) is 5.43 Å². The van der Waals surface area contributed by atoms with Crippen molar-refractivity contribution in [1.29, 1.82) is 0 Å². The van der Waals surface area contributed by atoms with Crippen LogP contribution < -0.4 is 11.3 Å². The van der Waals surface area contributed by atoms with Gasteiger partial charge in [-0.1, -0.05) is 25.1 Å². The summed E-state index contributed by atoms with van der Waals surface area (Å²) in [5, 5.41) is 3.46. The van der Waals surface area contributed by atoms with E-state index in [1.165, 1.54) is 15.6 Å². The van der Waals surface area contributed by atoms with Crippen LogP contribution in [0.15, 0.2) is 29.6 Å². The number of thiophene rings is 1. The van der Waals surface area contributed by atoms with Crippen molar-refractivity contribution in [2.45, 2.75) is 19.4 Å². The number of hydrogen-bond donors (Lipinski definition) is 2. The fourth-order valence-electron chi connectivity index (χ4n) is 3.10. The third-order valence-corrected chi connectivity index (χ3v) is 5.14. The molecule has 3 atom stereocenters. The van der Waals surface area contributed by atoms with Crippen LogP contribution in [0.25, 0.3) is 10.1 Å². The normalized spacial score (nSPS) is 25.6. The second kappa shape index (κ2) is 5.59. The maximum Gasteiger partial charge on any atom is 0.0506 e. The Hall–Kier alpha value is -0.940. The minimum Gasteiger partial charge on any atom is -0.381 e. The van der Waals surface area contributed by atoms with Gasteiger partial charge in [0.1, 0.15) is 0 Å². The molecule has 3 N–H and O–H groups in total. The second-order valence-corrected chi connectivity index (χ2v) is 6.25. The molecule has 0 radical (unpaired) electrons. The van der Waals surface area contributed by atoms with Gasteiger partial charge in [0.05, 0.1) is 6.04 Å². The molecular weight excluding hydrogens is 256 g/mol. The van der Waals surface area contributed by atoms with E-state index in [2.05, 4.69) is 42.0 Å². The van der Waals surface area contributed by atoms with Crippen LogP contribution in [-0.4, -0.2) is 13.2 Å². The highest BCUT2D eigenvalue weighted by atomic mass is 32.1. The summed E-state index contributed by atoms with van der Waals surface area (Å²) in [5.41, 5.74) is 4.38. The average Bonchev–Trinajstić information content (AvgIpc) is 2.91. The van der Waals surface area contributed by atoms with Crippen molar-refractivity contribution < 1.29 is 4.74 Å². The first-order valence-electron chi connectivity index (χ1n) is 6.81. The summed E-state index contributed by atoms with van der Waals surface area (Å²) >= 11 is 1.80. The molecule has 19 heavy (non-hydrogen) atoms. The Bertz CT molecular complexity index is 554. The van der Waals surface area contributed by atoms with Crippen LogP contribution in [0, 0.1) is 11.8 Å². The molecule has 2 heterocycles. The van der Waals surface area contributed by atoms with Crippen LogP contribution in [0.2, 0.25) is 0 Å². The van der Waals surface area contributed by atoms with Gasteiger partial charge in [0, 0.05) is 17.9 Å². The lowest BCUT2D eigenvalue weighted by Gasteiger charge is -2.35. The lowest BCUT2D eigenvalue weighted by atomic mass is 9.80. The quantitative estimate of drug-likeness (QED) is 0.669. The van der Waals surface area contributed by atoms with Crippen molar-refractivity contribution >= 4 is 21.4 Å². The monoisotopic (exact) mass is 276 g/mol. The van der Waals surface area contributed by atoms with Crippen LogP contribution in [0.5, 0.6) is 0 Å². The van der Waals surface area contributed by atoms with Gasteiger partial charge in [0.25, 0.3) is 0 Å². The fraction of sp³-hybridized carbons (Fsp3) is 0.467. The lowest BCUT2D eigenvalue weighted by Crippen LogP contribution is -2.40. The Morgan fingerprint density at radius 1 is 1.42 bits per heavy atom. The zero-order valence-corrected chi connectivity index (χ0v) is 12.0. The summed E-state index contributed by atoms with van der Waals surface area (Å²) in [6, 6.07) is 8.87. The second-order valence-electron chi connectivity index (χ2n) is 5.34. The number of ether oxygens (including phenoxy) is 1. The van der Waals surface area contributed by atoms with Crippen LogP contribution >= 0.6 is 11.3 Å². The first kappa shape index (κ1) is 13.1. The molecule has 0 amide bonds. The van der Waals surface area contributed by atoms with E-state index in [1.807, 2.05) is 0 Å². The molecule has 1 aliphatic heterocycles. The molecule has 1 aromatic carbocycles. The standard InChI is InChI=1S/C15H20N2OS/c1-10-9-18-7-5-12(10)14(17-16)13-4-2-3-11-6-8-19-15(11)13/h2-4,6,8,10,12,14,17H,5,7,9,16H2,1H3. The fourth-order valence-corrected chi connectivity index (χ4v) is 4.05. The molecule has 3 rings (SSSR count). The van der Waals surface area contributed by atoms with Gasteiger partial charge < -0.3 is 4.74 Å². The third-order valence-electron chi connectivity index (χ3n) is 4.16.